The molecule has 23 heavy (non-hydrogen) atoms. The van der Waals surface area contributed by atoms with Crippen LogP contribution in [0.15, 0.2) is 24.3 Å². The van der Waals surface area contributed by atoms with Crippen LogP contribution in [0.25, 0.3) is 10.2 Å². The summed E-state index contributed by atoms with van der Waals surface area (Å²) in [5.74, 6) is 0.199. The molecule has 0 saturated carbocycles. The summed E-state index contributed by atoms with van der Waals surface area (Å²) in [7, 11) is 0. The Morgan fingerprint density at radius 2 is 2.17 bits per heavy atom. The Hall–Kier alpha value is -2.91. The number of benzene rings is 1. The van der Waals surface area contributed by atoms with Gasteiger partial charge in [-0.05, 0) is 29.8 Å². The minimum absolute atomic E-state index is 0.141. The van der Waals surface area contributed by atoms with Gasteiger partial charge in [0.25, 0.3) is 5.91 Å². The Kier molecular flexibility index (Phi) is 3.03. The van der Waals surface area contributed by atoms with Crippen molar-refractivity contribution in [3.05, 3.63) is 34.7 Å². The van der Waals surface area contributed by atoms with Gasteiger partial charge in [0.05, 0.1) is 16.0 Å². The van der Waals surface area contributed by atoms with E-state index in [-0.39, 0.29) is 5.95 Å². The number of aromatic nitrogens is 2. The molecule has 0 atom stereocenters. The molecule has 1 aromatic carbocycles. The first kappa shape index (κ1) is 13.7. The largest absolute Gasteiger partial charge is 0.368 e. The summed E-state index contributed by atoms with van der Waals surface area (Å²) in [5.41, 5.74) is 20.3. The molecule has 0 unspecified atom stereocenters. The van der Waals surface area contributed by atoms with Crippen molar-refractivity contribution in [1.29, 1.82) is 0 Å². The van der Waals surface area contributed by atoms with Gasteiger partial charge in [-0.3, -0.25) is 4.79 Å². The van der Waals surface area contributed by atoms with Crippen LogP contribution < -0.4 is 27.6 Å². The quantitative estimate of drug-likeness (QED) is 0.493. The zero-order valence-corrected chi connectivity index (χ0v) is 12.7. The molecule has 116 valence electrons. The number of hydrazine groups is 1. The van der Waals surface area contributed by atoms with E-state index in [9.17, 15) is 4.79 Å². The van der Waals surface area contributed by atoms with Gasteiger partial charge in [-0.1, -0.05) is 0 Å². The lowest BCUT2D eigenvalue weighted by Crippen LogP contribution is -2.10. The van der Waals surface area contributed by atoms with E-state index in [0.29, 0.717) is 15.5 Å². The first-order valence-electron chi connectivity index (χ1n) is 6.86. The molecule has 0 aliphatic carbocycles. The molecule has 0 fully saturated rings. The van der Waals surface area contributed by atoms with Crippen LogP contribution in [0.4, 0.5) is 23.1 Å². The fraction of sp³-hybridized carbons (Fsp3) is 0.0714. The van der Waals surface area contributed by atoms with Crippen LogP contribution in [-0.4, -0.2) is 15.9 Å². The second-order valence-corrected chi connectivity index (χ2v) is 6.13. The molecule has 1 amide bonds. The number of primary amides is 1. The smallest absolute Gasteiger partial charge is 0.258 e. The van der Waals surface area contributed by atoms with Gasteiger partial charge in [0.15, 0.2) is 0 Å². The van der Waals surface area contributed by atoms with Gasteiger partial charge in [0.1, 0.15) is 10.6 Å². The second-order valence-electron chi connectivity index (χ2n) is 5.10. The summed E-state index contributed by atoms with van der Waals surface area (Å²) < 4.78 is 0. The van der Waals surface area contributed by atoms with Crippen LogP contribution in [0.1, 0.15) is 15.2 Å². The lowest BCUT2D eigenvalue weighted by atomic mass is 10.1. The molecule has 4 rings (SSSR count). The van der Waals surface area contributed by atoms with Crippen molar-refractivity contribution in [3.8, 4) is 0 Å². The molecule has 0 spiro atoms. The fourth-order valence-electron chi connectivity index (χ4n) is 2.47. The normalized spacial score (nSPS) is 12.9. The number of fused-ring (bicyclic) bond motifs is 2. The minimum atomic E-state index is -0.493. The van der Waals surface area contributed by atoms with Crippen molar-refractivity contribution in [2.75, 3.05) is 16.5 Å². The van der Waals surface area contributed by atoms with Gasteiger partial charge in [-0.2, -0.15) is 4.98 Å². The molecule has 8 nitrogen and oxygen atoms in total. The van der Waals surface area contributed by atoms with Gasteiger partial charge in [0, 0.05) is 12.2 Å². The standard InChI is InChI=1S/C14H13N7OS/c15-11(22)10-4-8-12(19-14(16)20-13(8)23-10)18-7-1-2-9-6(3-7)5-17-21-9/h1-4,17,21H,5H2,(H2,15,22)(H3,16,18,19,20). The van der Waals surface area contributed by atoms with Crippen molar-refractivity contribution in [2.45, 2.75) is 6.54 Å². The van der Waals surface area contributed by atoms with Crippen LogP contribution >= 0.6 is 11.3 Å². The third-order valence-electron chi connectivity index (χ3n) is 3.52. The Balaban J connectivity index is 1.77. The van der Waals surface area contributed by atoms with E-state index in [0.717, 1.165) is 28.9 Å². The SMILES string of the molecule is NC(=O)c1cc2c(Nc3ccc4c(c3)CNN4)nc(N)nc2s1. The number of nitrogens with one attached hydrogen (secondary N) is 3. The number of nitrogens with zero attached hydrogens (tertiary/aromatic N) is 2. The minimum Gasteiger partial charge on any atom is -0.368 e. The number of anilines is 4. The monoisotopic (exact) mass is 327 g/mol. The van der Waals surface area contributed by atoms with E-state index in [2.05, 4.69) is 26.1 Å². The van der Waals surface area contributed by atoms with Gasteiger partial charge in [0.2, 0.25) is 5.95 Å². The summed E-state index contributed by atoms with van der Waals surface area (Å²) >= 11 is 1.20. The predicted octanol–water partition coefficient (Wildman–Crippen LogP) is 1.55. The number of amides is 1. The number of hydrogen-bond acceptors (Lipinski definition) is 8. The molecule has 0 radical (unpaired) electrons. The summed E-state index contributed by atoms with van der Waals surface area (Å²) in [5, 5.41) is 3.95. The molecule has 0 bridgehead atoms. The van der Waals surface area contributed by atoms with Crippen LogP contribution in [0.5, 0.6) is 0 Å². The molecule has 9 heteroatoms. The Bertz CT molecular complexity index is 936. The van der Waals surface area contributed by atoms with E-state index in [1.54, 1.807) is 6.07 Å². The highest BCUT2D eigenvalue weighted by molar-refractivity contribution is 7.20. The first-order chi connectivity index (χ1) is 11.1. The zero-order chi connectivity index (χ0) is 16.0. The van der Waals surface area contributed by atoms with E-state index >= 15 is 0 Å². The predicted molar refractivity (Wildman–Crippen MR) is 90.5 cm³/mol. The van der Waals surface area contributed by atoms with Crippen LogP contribution in [0.3, 0.4) is 0 Å². The highest BCUT2D eigenvalue weighted by Gasteiger charge is 2.15. The highest BCUT2D eigenvalue weighted by Crippen LogP contribution is 2.32. The Morgan fingerprint density at radius 1 is 1.30 bits per heavy atom. The van der Waals surface area contributed by atoms with Crippen molar-refractivity contribution in [1.82, 2.24) is 15.4 Å². The molecule has 3 aromatic rings. The topological polar surface area (TPSA) is 131 Å². The van der Waals surface area contributed by atoms with Crippen molar-refractivity contribution in [3.63, 3.8) is 0 Å². The maximum atomic E-state index is 11.4. The third kappa shape index (κ3) is 2.41. The number of thiophene rings is 1. The lowest BCUT2D eigenvalue weighted by molar-refractivity contribution is 0.100. The van der Waals surface area contributed by atoms with E-state index in [1.165, 1.54) is 11.3 Å². The number of carbonyl (C=O) groups excluding carboxylic acids is 1. The van der Waals surface area contributed by atoms with E-state index in [4.69, 9.17) is 11.5 Å². The molecule has 0 saturated heterocycles. The number of nitrogens with two attached hydrogens (primary N) is 2. The van der Waals surface area contributed by atoms with Gasteiger partial charge < -0.3 is 22.2 Å². The van der Waals surface area contributed by atoms with Gasteiger partial charge in [-0.15, -0.1) is 11.3 Å². The maximum absolute atomic E-state index is 11.4. The molecule has 7 N–H and O–H groups in total. The van der Waals surface area contributed by atoms with E-state index in [1.807, 2.05) is 18.2 Å². The van der Waals surface area contributed by atoms with Crippen molar-refractivity contribution in [2.24, 2.45) is 5.73 Å². The summed E-state index contributed by atoms with van der Waals surface area (Å²) in [4.78, 5) is 20.8. The summed E-state index contributed by atoms with van der Waals surface area (Å²) in [6.45, 7) is 0.746. The number of rotatable bonds is 3. The summed E-state index contributed by atoms with van der Waals surface area (Å²) in [6.07, 6.45) is 0. The molecule has 2 aromatic heterocycles. The van der Waals surface area contributed by atoms with Crippen LogP contribution in [0, 0.1) is 0 Å². The Morgan fingerprint density at radius 3 is 3.00 bits per heavy atom. The second kappa shape index (κ2) is 5.07. The van der Waals surface area contributed by atoms with Crippen molar-refractivity contribution >= 4 is 50.6 Å². The third-order valence-corrected chi connectivity index (χ3v) is 4.57. The average Bonchev–Trinajstić information content (AvgIpc) is 3.12. The highest BCUT2D eigenvalue weighted by atomic mass is 32.1. The number of carbonyl (C=O) groups is 1. The van der Waals surface area contributed by atoms with Crippen molar-refractivity contribution < 1.29 is 4.79 Å². The number of nitrogen functional groups attached to an aromatic ring is 1. The average molecular weight is 327 g/mol. The first-order valence-corrected chi connectivity index (χ1v) is 7.67. The van der Waals surface area contributed by atoms with Gasteiger partial charge >= 0.3 is 0 Å². The van der Waals surface area contributed by atoms with Crippen LogP contribution in [-0.2, 0) is 6.54 Å². The fourth-order valence-corrected chi connectivity index (χ4v) is 3.36. The van der Waals surface area contributed by atoms with E-state index < -0.39 is 5.91 Å². The maximum Gasteiger partial charge on any atom is 0.258 e. The van der Waals surface area contributed by atoms with Crippen LogP contribution in [0.2, 0.25) is 0 Å². The molecule has 1 aliphatic rings. The molecular formula is C14H13N7OS. The summed E-state index contributed by atoms with van der Waals surface area (Å²) in [6, 6.07) is 7.61. The molecule has 3 heterocycles. The lowest BCUT2D eigenvalue weighted by Gasteiger charge is -2.08. The zero-order valence-electron chi connectivity index (χ0n) is 11.9. The molecular weight excluding hydrogens is 314 g/mol. The Labute approximate surface area is 134 Å². The number of hydrogen-bond donors (Lipinski definition) is 5. The van der Waals surface area contributed by atoms with Gasteiger partial charge in [-0.25, -0.2) is 10.4 Å². The molecule has 1 aliphatic heterocycles.